The predicted octanol–water partition coefficient (Wildman–Crippen LogP) is 0.994. The van der Waals surface area contributed by atoms with Crippen LogP contribution in [0.5, 0.6) is 0 Å². The van der Waals surface area contributed by atoms with Gasteiger partial charge >= 0.3 is 12.1 Å². The summed E-state index contributed by atoms with van der Waals surface area (Å²) in [6.45, 7) is -2.73. The number of aliphatic carboxylic acids is 1. The molecular weight excluding hydrogens is 265 g/mol. The summed E-state index contributed by atoms with van der Waals surface area (Å²) in [5, 5.41) is 11.4. The van der Waals surface area contributed by atoms with E-state index in [1.165, 1.54) is 0 Å². The number of rotatable bonds is 6. The van der Waals surface area contributed by atoms with E-state index in [4.69, 9.17) is 5.11 Å². The van der Waals surface area contributed by atoms with Crippen LogP contribution in [-0.4, -0.2) is 53.7 Å². The van der Waals surface area contributed by atoms with Crippen LogP contribution in [0, 0.1) is 0 Å². The Morgan fingerprint density at radius 1 is 1.26 bits per heavy atom. The maximum absolute atomic E-state index is 12.3. The maximum atomic E-state index is 12.3. The van der Waals surface area contributed by atoms with Crippen molar-refractivity contribution in [2.24, 2.45) is 0 Å². The van der Waals surface area contributed by atoms with Gasteiger partial charge in [-0.1, -0.05) is 12.8 Å². The van der Waals surface area contributed by atoms with Crippen molar-refractivity contribution < 1.29 is 27.9 Å². The van der Waals surface area contributed by atoms with Gasteiger partial charge in [-0.05, 0) is 12.8 Å². The molecule has 0 saturated heterocycles. The second-order valence-corrected chi connectivity index (χ2v) is 4.62. The third-order valence-corrected chi connectivity index (χ3v) is 2.95. The first kappa shape index (κ1) is 15.7. The van der Waals surface area contributed by atoms with Crippen LogP contribution in [0.25, 0.3) is 0 Å². The van der Waals surface area contributed by atoms with E-state index in [0.29, 0.717) is 4.90 Å². The molecule has 5 nitrogen and oxygen atoms in total. The lowest BCUT2D eigenvalue weighted by Crippen LogP contribution is -2.46. The number of nitrogens with zero attached hydrogens (tertiary/aromatic N) is 1. The first-order valence-corrected chi connectivity index (χ1v) is 6.07. The highest BCUT2D eigenvalue weighted by atomic mass is 19.4. The minimum absolute atomic E-state index is 0.140. The fourth-order valence-corrected chi connectivity index (χ4v) is 2.09. The molecule has 1 fully saturated rings. The van der Waals surface area contributed by atoms with E-state index in [9.17, 15) is 22.8 Å². The first-order chi connectivity index (χ1) is 8.78. The maximum Gasteiger partial charge on any atom is 0.406 e. The molecule has 1 amide bonds. The Bertz CT molecular complexity index is 328. The van der Waals surface area contributed by atoms with Crippen molar-refractivity contribution in [3.8, 4) is 0 Å². The Morgan fingerprint density at radius 2 is 1.84 bits per heavy atom. The zero-order chi connectivity index (χ0) is 14.5. The smallest absolute Gasteiger partial charge is 0.406 e. The van der Waals surface area contributed by atoms with Crippen LogP contribution in [0.3, 0.4) is 0 Å². The van der Waals surface area contributed by atoms with Gasteiger partial charge in [0.15, 0.2) is 0 Å². The zero-order valence-electron chi connectivity index (χ0n) is 10.4. The van der Waals surface area contributed by atoms with Crippen LogP contribution >= 0.6 is 0 Å². The average molecular weight is 282 g/mol. The molecule has 0 aromatic heterocycles. The number of carbonyl (C=O) groups excluding carboxylic acids is 1. The van der Waals surface area contributed by atoms with E-state index >= 15 is 0 Å². The van der Waals surface area contributed by atoms with Gasteiger partial charge in [-0.2, -0.15) is 13.2 Å². The molecule has 0 atom stereocenters. The highest BCUT2D eigenvalue weighted by Gasteiger charge is 2.34. The molecule has 1 aliphatic carbocycles. The Kier molecular flexibility index (Phi) is 5.59. The van der Waals surface area contributed by atoms with Crippen molar-refractivity contribution in [3.05, 3.63) is 0 Å². The van der Waals surface area contributed by atoms with Gasteiger partial charge in [0.1, 0.15) is 13.1 Å². The molecule has 8 heteroatoms. The number of carboxylic acid groups (broad SMARTS) is 1. The molecule has 1 rings (SSSR count). The number of amides is 1. The summed E-state index contributed by atoms with van der Waals surface area (Å²) in [4.78, 5) is 22.4. The van der Waals surface area contributed by atoms with Crippen molar-refractivity contribution >= 4 is 11.9 Å². The summed E-state index contributed by atoms with van der Waals surface area (Å²) >= 11 is 0. The molecule has 0 heterocycles. The van der Waals surface area contributed by atoms with E-state index < -0.39 is 31.1 Å². The van der Waals surface area contributed by atoms with Gasteiger partial charge in [0.25, 0.3) is 0 Å². The fraction of sp³-hybridized carbons (Fsp3) is 0.818. The molecule has 0 radical (unpaired) electrons. The van der Waals surface area contributed by atoms with Crippen LogP contribution in [0.1, 0.15) is 25.7 Å². The van der Waals surface area contributed by atoms with E-state index in [1.807, 2.05) is 0 Å². The van der Waals surface area contributed by atoms with Crippen molar-refractivity contribution in [1.29, 1.82) is 0 Å². The standard InChI is InChI=1S/C11H17F3N2O3/c12-11(13,14)7-16(6-10(18)19)9(17)5-15-8-3-1-2-4-8/h8,15H,1-7H2,(H,18,19). The van der Waals surface area contributed by atoms with Gasteiger partial charge in [-0.15, -0.1) is 0 Å². The van der Waals surface area contributed by atoms with Crippen LogP contribution in [-0.2, 0) is 9.59 Å². The molecule has 110 valence electrons. The van der Waals surface area contributed by atoms with Crippen LogP contribution in [0.4, 0.5) is 13.2 Å². The highest BCUT2D eigenvalue weighted by Crippen LogP contribution is 2.18. The van der Waals surface area contributed by atoms with Crippen molar-refractivity contribution in [2.75, 3.05) is 19.6 Å². The Balaban J connectivity index is 2.47. The molecule has 1 aliphatic rings. The molecule has 0 bridgehead atoms. The molecule has 19 heavy (non-hydrogen) atoms. The average Bonchev–Trinajstić information content (AvgIpc) is 2.75. The van der Waals surface area contributed by atoms with Crippen molar-refractivity contribution in [1.82, 2.24) is 10.2 Å². The zero-order valence-corrected chi connectivity index (χ0v) is 10.4. The molecule has 0 spiro atoms. The van der Waals surface area contributed by atoms with E-state index in [2.05, 4.69) is 5.32 Å². The number of carbonyl (C=O) groups is 2. The molecule has 1 saturated carbocycles. The van der Waals surface area contributed by atoms with Crippen molar-refractivity contribution in [2.45, 2.75) is 37.9 Å². The van der Waals surface area contributed by atoms with E-state index in [-0.39, 0.29) is 12.6 Å². The molecule has 2 N–H and O–H groups in total. The van der Waals surface area contributed by atoms with Gasteiger partial charge in [0.2, 0.25) is 5.91 Å². The Hall–Kier alpha value is -1.31. The second-order valence-electron chi connectivity index (χ2n) is 4.62. The summed E-state index contributed by atoms with van der Waals surface area (Å²) in [6.07, 6.45) is -0.740. The van der Waals surface area contributed by atoms with E-state index in [0.717, 1.165) is 25.7 Å². The number of carboxylic acids is 1. The number of hydrogen-bond acceptors (Lipinski definition) is 3. The van der Waals surface area contributed by atoms with Crippen LogP contribution in [0.2, 0.25) is 0 Å². The van der Waals surface area contributed by atoms with Crippen LogP contribution < -0.4 is 5.32 Å². The SMILES string of the molecule is O=C(O)CN(CC(F)(F)F)C(=O)CNC1CCCC1. The highest BCUT2D eigenvalue weighted by molar-refractivity contribution is 5.82. The monoisotopic (exact) mass is 282 g/mol. The van der Waals surface area contributed by atoms with Gasteiger partial charge in [-0.25, -0.2) is 0 Å². The topological polar surface area (TPSA) is 69.6 Å². The quantitative estimate of drug-likeness (QED) is 0.762. The number of hydrogen-bond donors (Lipinski definition) is 2. The minimum atomic E-state index is -4.60. The largest absolute Gasteiger partial charge is 0.480 e. The van der Waals surface area contributed by atoms with Gasteiger partial charge in [0, 0.05) is 6.04 Å². The second kappa shape index (κ2) is 6.74. The van der Waals surface area contributed by atoms with Gasteiger partial charge in [0.05, 0.1) is 6.54 Å². The summed E-state index contributed by atoms with van der Waals surface area (Å²) in [5.74, 6) is -2.30. The Morgan fingerprint density at radius 3 is 2.32 bits per heavy atom. The Labute approximate surface area is 108 Å². The molecule has 0 aliphatic heterocycles. The first-order valence-electron chi connectivity index (χ1n) is 6.07. The lowest BCUT2D eigenvalue weighted by Gasteiger charge is -2.23. The summed E-state index contributed by atoms with van der Waals surface area (Å²) in [7, 11) is 0. The minimum Gasteiger partial charge on any atom is -0.480 e. The lowest BCUT2D eigenvalue weighted by atomic mass is 10.2. The van der Waals surface area contributed by atoms with Gasteiger partial charge < -0.3 is 15.3 Å². The summed E-state index contributed by atoms with van der Waals surface area (Å²) in [5.41, 5.74) is 0. The molecule has 0 aromatic carbocycles. The third-order valence-electron chi connectivity index (χ3n) is 2.95. The number of alkyl halides is 3. The number of halogens is 3. The molecular formula is C11H17F3N2O3. The third kappa shape index (κ3) is 6.42. The molecule has 0 unspecified atom stereocenters. The number of nitrogens with one attached hydrogen (secondary N) is 1. The van der Waals surface area contributed by atoms with Crippen molar-refractivity contribution in [3.63, 3.8) is 0 Å². The lowest BCUT2D eigenvalue weighted by molar-refractivity contribution is -0.165. The van der Waals surface area contributed by atoms with Gasteiger partial charge in [-0.3, -0.25) is 9.59 Å². The normalized spacial score (nSPS) is 16.6. The van der Waals surface area contributed by atoms with Crippen LogP contribution in [0.15, 0.2) is 0 Å². The summed E-state index contributed by atoms with van der Waals surface area (Å²) < 4.78 is 36.8. The fourth-order valence-electron chi connectivity index (χ4n) is 2.09. The summed E-state index contributed by atoms with van der Waals surface area (Å²) in [6, 6.07) is 0.140. The predicted molar refractivity (Wildman–Crippen MR) is 60.5 cm³/mol. The molecule has 0 aromatic rings. The van der Waals surface area contributed by atoms with E-state index in [1.54, 1.807) is 0 Å².